The topological polar surface area (TPSA) is 108 Å². The highest BCUT2D eigenvalue weighted by molar-refractivity contribution is 6.13. The molecule has 0 saturated carbocycles. The molecule has 0 spiro atoms. The largest absolute Gasteiger partial charge is 0.496 e. The minimum Gasteiger partial charge on any atom is -0.496 e. The van der Waals surface area contributed by atoms with Crippen molar-refractivity contribution in [3.8, 4) is 11.5 Å². The zero-order valence-corrected chi connectivity index (χ0v) is 22.9. The van der Waals surface area contributed by atoms with E-state index in [0.29, 0.717) is 28.3 Å². The normalized spacial score (nSPS) is 16.4. The van der Waals surface area contributed by atoms with Gasteiger partial charge in [0.15, 0.2) is 12.1 Å². The van der Waals surface area contributed by atoms with Crippen LogP contribution in [-0.4, -0.2) is 44.1 Å². The van der Waals surface area contributed by atoms with Crippen molar-refractivity contribution in [2.45, 2.75) is 44.6 Å². The number of esters is 1. The van der Waals surface area contributed by atoms with Crippen molar-refractivity contribution in [2.24, 2.45) is 5.73 Å². The van der Waals surface area contributed by atoms with Gasteiger partial charge in [0.25, 0.3) is 11.8 Å². The molecule has 1 aliphatic rings. The second kappa shape index (κ2) is 10.8. The van der Waals surface area contributed by atoms with Gasteiger partial charge in [-0.3, -0.25) is 14.5 Å². The van der Waals surface area contributed by atoms with E-state index < -0.39 is 17.4 Å². The number of carbonyl (C=O) groups is 3. The molecule has 204 valence electrons. The molecule has 2 N–H and O–H groups in total. The first-order chi connectivity index (χ1) is 18.5. The van der Waals surface area contributed by atoms with Crippen LogP contribution in [0.1, 0.15) is 47.8 Å². The lowest BCUT2D eigenvalue weighted by molar-refractivity contribution is -0.146. The first kappa shape index (κ1) is 27.7. The van der Waals surface area contributed by atoms with Gasteiger partial charge in [-0.15, -0.1) is 0 Å². The molecule has 4 rings (SSSR count). The summed E-state index contributed by atoms with van der Waals surface area (Å²) in [5.74, 6) is -0.620. The lowest BCUT2D eigenvalue weighted by Crippen LogP contribution is -2.58. The van der Waals surface area contributed by atoms with E-state index in [1.165, 1.54) is 12.0 Å². The third kappa shape index (κ3) is 5.32. The van der Waals surface area contributed by atoms with Crippen molar-refractivity contribution in [3.63, 3.8) is 0 Å². The Morgan fingerprint density at radius 2 is 1.67 bits per heavy atom. The number of nitrogens with zero attached hydrogens (tertiary/aromatic N) is 1. The molecule has 0 radical (unpaired) electrons. The summed E-state index contributed by atoms with van der Waals surface area (Å²) in [6, 6.07) is 20.0. The van der Waals surface area contributed by atoms with Gasteiger partial charge in [-0.2, -0.15) is 0 Å². The molecule has 1 unspecified atom stereocenters. The molecule has 2 amide bonds. The van der Waals surface area contributed by atoms with Gasteiger partial charge < -0.3 is 19.9 Å². The van der Waals surface area contributed by atoms with E-state index in [2.05, 4.69) is 20.8 Å². The van der Waals surface area contributed by atoms with E-state index in [1.54, 1.807) is 37.4 Å². The maximum absolute atomic E-state index is 14.4. The Morgan fingerprint density at radius 1 is 0.949 bits per heavy atom. The first-order valence-electron chi connectivity index (χ1n) is 12.7. The fourth-order valence-corrected chi connectivity index (χ4v) is 5.20. The van der Waals surface area contributed by atoms with E-state index in [4.69, 9.17) is 19.9 Å². The third-order valence-electron chi connectivity index (χ3n) is 6.98. The van der Waals surface area contributed by atoms with Gasteiger partial charge in [0.2, 0.25) is 0 Å². The predicted molar refractivity (Wildman–Crippen MR) is 148 cm³/mol. The quantitative estimate of drug-likeness (QED) is 0.437. The number of hydrogen-bond donors (Lipinski definition) is 1. The molecule has 8 nitrogen and oxygen atoms in total. The Kier molecular flexibility index (Phi) is 7.67. The average Bonchev–Trinajstić information content (AvgIpc) is 3.25. The van der Waals surface area contributed by atoms with E-state index in [-0.39, 0.29) is 30.8 Å². The molecule has 3 aromatic carbocycles. The fourth-order valence-electron chi connectivity index (χ4n) is 5.20. The van der Waals surface area contributed by atoms with E-state index in [1.807, 2.05) is 36.4 Å². The zero-order valence-electron chi connectivity index (χ0n) is 22.9. The number of nitrogens with two attached hydrogens (primary N) is 1. The molecule has 1 aliphatic heterocycles. The van der Waals surface area contributed by atoms with Gasteiger partial charge in [0.1, 0.15) is 11.5 Å². The third-order valence-corrected chi connectivity index (χ3v) is 6.98. The summed E-state index contributed by atoms with van der Waals surface area (Å²) in [5, 5.41) is 0. The number of primary amides is 1. The highest BCUT2D eigenvalue weighted by Crippen LogP contribution is 2.47. The van der Waals surface area contributed by atoms with Crippen molar-refractivity contribution in [3.05, 3.63) is 89.0 Å². The molecule has 1 atom stereocenters. The molecular weight excluding hydrogens is 496 g/mol. The molecule has 0 aliphatic carbocycles. The number of methoxy groups -OCH3 is 2. The van der Waals surface area contributed by atoms with Crippen LogP contribution in [0.3, 0.4) is 0 Å². The molecular formula is C31H34N2O6. The van der Waals surface area contributed by atoms with Crippen LogP contribution in [0.25, 0.3) is 0 Å². The molecule has 0 fully saturated rings. The average molecular weight is 531 g/mol. The highest BCUT2D eigenvalue weighted by Gasteiger charge is 2.54. The molecule has 39 heavy (non-hydrogen) atoms. The maximum atomic E-state index is 14.4. The molecule has 8 heteroatoms. The number of amides is 2. The summed E-state index contributed by atoms with van der Waals surface area (Å²) in [6.07, 6.45) is 0.329. The summed E-state index contributed by atoms with van der Waals surface area (Å²) in [7, 11) is 2.88. The second-order valence-corrected chi connectivity index (χ2v) is 10.7. The van der Waals surface area contributed by atoms with Crippen molar-refractivity contribution in [1.82, 2.24) is 0 Å². The Bertz CT molecular complexity index is 1400. The lowest BCUT2D eigenvalue weighted by atomic mass is 9.85. The minimum absolute atomic E-state index is 0.127. The fraction of sp³-hybridized carbons (Fsp3) is 0.323. The Labute approximate surface area is 228 Å². The van der Waals surface area contributed by atoms with Crippen LogP contribution in [0.4, 0.5) is 5.69 Å². The minimum atomic E-state index is -1.41. The van der Waals surface area contributed by atoms with Crippen LogP contribution in [0, 0.1) is 0 Å². The number of hydrogen-bond acceptors (Lipinski definition) is 6. The number of anilines is 1. The number of ether oxygens (including phenoxy) is 3. The van der Waals surface area contributed by atoms with Gasteiger partial charge >= 0.3 is 5.97 Å². The van der Waals surface area contributed by atoms with Crippen molar-refractivity contribution in [1.29, 1.82) is 0 Å². The number of fused-ring (bicyclic) bond motifs is 1. The predicted octanol–water partition coefficient (Wildman–Crippen LogP) is 4.21. The highest BCUT2D eigenvalue weighted by atomic mass is 16.5. The van der Waals surface area contributed by atoms with E-state index in [0.717, 1.165) is 11.1 Å². The van der Waals surface area contributed by atoms with Crippen LogP contribution < -0.4 is 20.1 Å². The first-order valence-corrected chi connectivity index (χ1v) is 12.7. The molecule has 1 heterocycles. The maximum Gasteiger partial charge on any atom is 0.332 e. The summed E-state index contributed by atoms with van der Waals surface area (Å²) in [4.78, 5) is 41.0. The number of rotatable bonds is 8. The number of benzene rings is 3. The van der Waals surface area contributed by atoms with Crippen molar-refractivity contribution >= 4 is 23.5 Å². The SMILES string of the molecule is COC(=O)C1(Cc2ccccc2)Cc2c(OCC(N)=O)cccc2N1C(=O)c1ccc(C(C)(C)C)c(OC)c1. The van der Waals surface area contributed by atoms with E-state index in [9.17, 15) is 14.4 Å². The monoisotopic (exact) mass is 530 g/mol. The summed E-state index contributed by atoms with van der Waals surface area (Å²) in [5.41, 5.74) is 6.99. The smallest absolute Gasteiger partial charge is 0.332 e. The Hall–Kier alpha value is -4.33. The Balaban J connectivity index is 1.91. The van der Waals surface area contributed by atoms with Crippen LogP contribution in [-0.2, 0) is 32.6 Å². The van der Waals surface area contributed by atoms with Gasteiger partial charge in [-0.1, -0.05) is 63.2 Å². The number of carbonyl (C=O) groups excluding carboxylic acids is 3. The molecule has 0 aromatic heterocycles. The van der Waals surface area contributed by atoms with Crippen LogP contribution in [0.5, 0.6) is 11.5 Å². The van der Waals surface area contributed by atoms with Gasteiger partial charge in [0.05, 0.1) is 19.9 Å². The second-order valence-electron chi connectivity index (χ2n) is 10.7. The van der Waals surface area contributed by atoms with Crippen LogP contribution >= 0.6 is 0 Å². The van der Waals surface area contributed by atoms with Gasteiger partial charge in [0, 0.05) is 24.0 Å². The van der Waals surface area contributed by atoms with Crippen LogP contribution in [0.2, 0.25) is 0 Å². The van der Waals surface area contributed by atoms with Gasteiger partial charge in [-0.05, 0) is 40.8 Å². The summed E-state index contributed by atoms with van der Waals surface area (Å²) in [6.45, 7) is 5.87. The molecule has 0 bridgehead atoms. The zero-order chi connectivity index (χ0) is 28.4. The Morgan fingerprint density at radius 3 is 2.28 bits per heavy atom. The summed E-state index contributed by atoms with van der Waals surface area (Å²) >= 11 is 0. The summed E-state index contributed by atoms with van der Waals surface area (Å²) < 4.78 is 16.7. The van der Waals surface area contributed by atoms with Crippen molar-refractivity contribution < 1.29 is 28.6 Å². The molecule has 3 aromatic rings. The van der Waals surface area contributed by atoms with Crippen molar-refractivity contribution in [2.75, 3.05) is 25.7 Å². The van der Waals surface area contributed by atoms with E-state index >= 15 is 0 Å². The lowest BCUT2D eigenvalue weighted by Gasteiger charge is -2.36. The van der Waals surface area contributed by atoms with Crippen LogP contribution in [0.15, 0.2) is 66.7 Å². The standard InChI is InChI=1S/C31H34N2O6/c1-30(2,3)23-15-14-21(16-26(23)37-4)28(35)33-24-12-9-13-25(39-19-27(32)34)22(24)18-31(33,29(36)38-5)17-20-10-7-6-8-11-20/h6-16H,17-19H2,1-5H3,(H2,32,34). The van der Waals surface area contributed by atoms with Gasteiger partial charge in [-0.25, -0.2) is 4.79 Å². The molecule has 0 saturated heterocycles.